The molecule has 2 rings (SSSR count). The average molecular weight is 291 g/mol. The van der Waals surface area contributed by atoms with Crippen molar-refractivity contribution in [3.05, 3.63) is 11.9 Å². The van der Waals surface area contributed by atoms with E-state index in [1.807, 2.05) is 6.07 Å². The van der Waals surface area contributed by atoms with E-state index in [1.165, 1.54) is 25.7 Å². The number of nitrogens with two attached hydrogens (primary N) is 1. The number of rotatable bonds is 3. The van der Waals surface area contributed by atoms with Crippen molar-refractivity contribution in [1.29, 1.82) is 0 Å². The summed E-state index contributed by atoms with van der Waals surface area (Å²) in [5.74, 6) is 8.89. The molecule has 5 heteroatoms. The first-order valence-electron chi connectivity index (χ1n) is 7.90. The molecule has 1 aliphatic carbocycles. The van der Waals surface area contributed by atoms with E-state index in [0.717, 1.165) is 17.6 Å². The first kappa shape index (κ1) is 16.0. The molecule has 0 spiro atoms. The molecule has 0 amide bonds. The molecule has 1 aromatic heterocycles. The summed E-state index contributed by atoms with van der Waals surface area (Å²) in [6.45, 7) is 8.70. The summed E-state index contributed by atoms with van der Waals surface area (Å²) in [7, 11) is 2.13. The highest BCUT2D eigenvalue weighted by Gasteiger charge is 2.25. The Morgan fingerprint density at radius 2 is 1.81 bits per heavy atom. The van der Waals surface area contributed by atoms with E-state index in [0.29, 0.717) is 11.9 Å². The quantitative estimate of drug-likeness (QED) is 0.662. The van der Waals surface area contributed by atoms with E-state index in [9.17, 15) is 0 Å². The average Bonchev–Trinajstić information content (AvgIpc) is 2.46. The lowest BCUT2D eigenvalue weighted by atomic mass is 9.87. The first-order valence-corrected chi connectivity index (χ1v) is 7.90. The molecule has 3 N–H and O–H groups in total. The van der Waals surface area contributed by atoms with Crippen molar-refractivity contribution in [2.24, 2.45) is 11.8 Å². The first-order chi connectivity index (χ1) is 9.81. The highest BCUT2D eigenvalue weighted by molar-refractivity contribution is 5.49. The van der Waals surface area contributed by atoms with Crippen LogP contribution in [0.4, 0.5) is 11.6 Å². The maximum Gasteiger partial charge on any atom is 0.145 e. The minimum absolute atomic E-state index is 0.0937. The van der Waals surface area contributed by atoms with Crippen molar-refractivity contribution in [3.8, 4) is 0 Å². The van der Waals surface area contributed by atoms with E-state index >= 15 is 0 Å². The van der Waals surface area contributed by atoms with Gasteiger partial charge in [-0.25, -0.2) is 15.8 Å². The van der Waals surface area contributed by atoms with Crippen LogP contribution in [0, 0.1) is 5.92 Å². The summed E-state index contributed by atoms with van der Waals surface area (Å²) >= 11 is 0. The summed E-state index contributed by atoms with van der Waals surface area (Å²) in [5.41, 5.74) is 2.57. The van der Waals surface area contributed by atoms with Crippen LogP contribution in [0.1, 0.15) is 59.2 Å². The fourth-order valence-electron chi connectivity index (χ4n) is 2.84. The Hall–Kier alpha value is -1.36. The molecule has 1 saturated carbocycles. The molecular formula is C16H29N5. The standard InChI is InChI=1S/C16H29N5/c1-11-6-8-12(9-7-11)21(5)14-10-13(20-17)18-15(19-14)16(2,3)4/h10-12H,6-9,17H2,1-5H3,(H,18,19,20). The van der Waals surface area contributed by atoms with Gasteiger partial charge in [-0.05, 0) is 31.6 Å². The Morgan fingerprint density at radius 3 is 2.33 bits per heavy atom. The third kappa shape index (κ3) is 3.84. The molecule has 1 aliphatic rings. The molecule has 0 aliphatic heterocycles. The fraction of sp³-hybridized carbons (Fsp3) is 0.750. The van der Waals surface area contributed by atoms with Crippen LogP contribution in [-0.4, -0.2) is 23.1 Å². The van der Waals surface area contributed by atoms with Crippen LogP contribution in [0.2, 0.25) is 0 Å². The van der Waals surface area contributed by atoms with E-state index < -0.39 is 0 Å². The Kier molecular flexibility index (Phi) is 4.71. The van der Waals surface area contributed by atoms with Crippen LogP contribution in [0.25, 0.3) is 0 Å². The molecule has 5 nitrogen and oxygen atoms in total. The molecule has 0 radical (unpaired) electrons. The SMILES string of the molecule is CC1CCC(N(C)c2cc(NN)nc(C(C)(C)C)n2)CC1. The molecule has 0 unspecified atom stereocenters. The molecular weight excluding hydrogens is 262 g/mol. The Morgan fingerprint density at radius 1 is 1.19 bits per heavy atom. The summed E-state index contributed by atoms with van der Waals surface area (Å²) in [6.07, 6.45) is 5.07. The van der Waals surface area contributed by atoms with Crippen molar-refractivity contribution in [3.63, 3.8) is 0 Å². The zero-order valence-electron chi connectivity index (χ0n) is 14.0. The summed E-state index contributed by atoms with van der Waals surface area (Å²) in [5, 5.41) is 0. The van der Waals surface area contributed by atoms with Crippen molar-refractivity contribution in [2.75, 3.05) is 17.4 Å². The summed E-state index contributed by atoms with van der Waals surface area (Å²) in [4.78, 5) is 11.6. The van der Waals surface area contributed by atoms with E-state index in [2.05, 4.69) is 50.1 Å². The van der Waals surface area contributed by atoms with Crippen LogP contribution in [-0.2, 0) is 5.41 Å². The van der Waals surface area contributed by atoms with Crippen molar-refractivity contribution >= 4 is 11.6 Å². The molecule has 118 valence electrons. The van der Waals surface area contributed by atoms with Gasteiger partial charge >= 0.3 is 0 Å². The molecule has 0 saturated heterocycles. The van der Waals surface area contributed by atoms with Crippen LogP contribution >= 0.6 is 0 Å². The highest BCUT2D eigenvalue weighted by atomic mass is 15.3. The van der Waals surface area contributed by atoms with Gasteiger partial charge in [0.25, 0.3) is 0 Å². The number of anilines is 2. The highest BCUT2D eigenvalue weighted by Crippen LogP contribution is 2.30. The number of aromatic nitrogens is 2. The number of nitrogen functional groups attached to an aromatic ring is 1. The van der Waals surface area contributed by atoms with Crippen LogP contribution in [0.5, 0.6) is 0 Å². The lowest BCUT2D eigenvalue weighted by Gasteiger charge is -2.35. The van der Waals surface area contributed by atoms with Gasteiger partial charge < -0.3 is 10.3 Å². The lowest BCUT2D eigenvalue weighted by Crippen LogP contribution is -2.36. The predicted octanol–water partition coefficient (Wildman–Crippen LogP) is 3.07. The summed E-state index contributed by atoms with van der Waals surface area (Å²) in [6, 6.07) is 2.50. The van der Waals surface area contributed by atoms with Crippen LogP contribution in [0.3, 0.4) is 0 Å². The molecule has 0 aromatic carbocycles. The smallest absolute Gasteiger partial charge is 0.145 e. The van der Waals surface area contributed by atoms with Crippen LogP contribution in [0.15, 0.2) is 6.07 Å². The zero-order chi connectivity index (χ0) is 15.6. The molecule has 21 heavy (non-hydrogen) atoms. The Labute approximate surface area is 128 Å². The Balaban J connectivity index is 2.25. The monoisotopic (exact) mass is 291 g/mol. The van der Waals surface area contributed by atoms with Crippen molar-refractivity contribution < 1.29 is 0 Å². The van der Waals surface area contributed by atoms with Gasteiger partial charge in [0.1, 0.15) is 17.5 Å². The minimum atomic E-state index is -0.0937. The second-order valence-electron chi connectivity index (χ2n) is 7.35. The summed E-state index contributed by atoms with van der Waals surface area (Å²) < 4.78 is 0. The maximum atomic E-state index is 5.57. The third-order valence-corrected chi connectivity index (χ3v) is 4.43. The van der Waals surface area contributed by atoms with Gasteiger partial charge in [-0.15, -0.1) is 0 Å². The number of hydrogen-bond donors (Lipinski definition) is 2. The molecule has 0 bridgehead atoms. The minimum Gasteiger partial charge on any atom is -0.357 e. The topological polar surface area (TPSA) is 67.1 Å². The van der Waals surface area contributed by atoms with Gasteiger partial charge in [0.05, 0.1) is 0 Å². The maximum absolute atomic E-state index is 5.57. The van der Waals surface area contributed by atoms with Crippen molar-refractivity contribution in [2.45, 2.75) is 64.8 Å². The van der Waals surface area contributed by atoms with E-state index in [1.54, 1.807) is 0 Å². The van der Waals surface area contributed by atoms with Gasteiger partial charge in [0.2, 0.25) is 0 Å². The number of nitrogens with one attached hydrogen (secondary N) is 1. The van der Waals surface area contributed by atoms with Crippen molar-refractivity contribution in [1.82, 2.24) is 9.97 Å². The van der Waals surface area contributed by atoms with E-state index in [4.69, 9.17) is 10.8 Å². The number of hydrazine groups is 1. The van der Waals surface area contributed by atoms with E-state index in [-0.39, 0.29) is 5.41 Å². The van der Waals surface area contributed by atoms with Gasteiger partial charge in [-0.2, -0.15) is 0 Å². The normalized spacial score (nSPS) is 23.0. The zero-order valence-corrected chi connectivity index (χ0v) is 14.0. The molecule has 1 heterocycles. The van der Waals surface area contributed by atoms with Gasteiger partial charge in [-0.1, -0.05) is 27.7 Å². The number of nitrogens with zero attached hydrogens (tertiary/aromatic N) is 3. The fourth-order valence-corrected chi connectivity index (χ4v) is 2.84. The number of hydrogen-bond acceptors (Lipinski definition) is 5. The van der Waals surface area contributed by atoms with Gasteiger partial charge in [0, 0.05) is 24.6 Å². The molecule has 1 aromatic rings. The van der Waals surface area contributed by atoms with Gasteiger partial charge in [-0.3, -0.25) is 0 Å². The molecule has 0 atom stereocenters. The predicted molar refractivity (Wildman–Crippen MR) is 88.4 cm³/mol. The van der Waals surface area contributed by atoms with Gasteiger partial charge in [0.15, 0.2) is 0 Å². The second-order valence-corrected chi connectivity index (χ2v) is 7.35. The third-order valence-electron chi connectivity index (χ3n) is 4.43. The lowest BCUT2D eigenvalue weighted by molar-refractivity contribution is 0.339. The Bertz CT molecular complexity index is 472. The largest absolute Gasteiger partial charge is 0.357 e. The van der Waals surface area contributed by atoms with Crippen LogP contribution < -0.4 is 16.2 Å². The molecule has 1 fully saturated rings. The second kappa shape index (κ2) is 6.18.